The molecule has 0 aromatic heterocycles. The standard InChI is InChI=1S/C21H25F2N5O.HI/c1-2-24-21(25-13-19(29)26-15-7-4-3-5-8-15)27-16-11-12-28(14-16)20-17(22)9-6-10-18(20)23;/h3-10,16H,2,11-14H2,1H3,(H,26,29)(H2,24,25,27);1H. The number of carbonyl (C=O) groups excluding carboxylic acids is 1. The molecule has 0 bridgehead atoms. The number of guanidine groups is 1. The molecule has 1 aliphatic heterocycles. The quantitative estimate of drug-likeness (QED) is 0.305. The molecular weight excluding hydrogens is 503 g/mol. The van der Waals surface area contributed by atoms with Crippen LogP contribution < -0.4 is 20.9 Å². The highest BCUT2D eigenvalue weighted by Gasteiger charge is 2.27. The Hall–Kier alpha value is -2.43. The summed E-state index contributed by atoms with van der Waals surface area (Å²) in [5, 5.41) is 9.13. The van der Waals surface area contributed by atoms with Crippen LogP contribution in [0.3, 0.4) is 0 Å². The van der Waals surface area contributed by atoms with Gasteiger partial charge in [-0.25, -0.2) is 13.8 Å². The number of halogens is 3. The average Bonchev–Trinajstić information content (AvgIpc) is 3.15. The molecule has 0 spiro atoms. The van der Waals surface area contributed by atoms with Crippen LogP contribution in [0.25, 0.3) is 0 Å². The molecule has 2 aromatic carbocycles. The Morgan fingerprint density at radius 2 is 1.83 bits per heavy atom. The van der Waals surface area contributed by atoms with Crippen molar-refractivity contribution < 1.29 is 13.6 Å². The summed E-state index contributed by atoms with van der Waals surface area (Å²) in [5.74, 6) is -0.862. The number of hydrogen-bond donors (Lipinski definition) is 3. The van der Waals surface area contributed by atoms with Crippen molar-refractivity contribution in [2.75, 3.05) is 36.4 Å². The molecule has 1 aliphatic rings. The van der Waals surface area contributed by atoms with Crippen molar-refractivity contribution in [3.8, 4) is 0 Å². The number of amides is 1. The molecule has 1 amide bonds. The first-order valence-electron chi connectivity index (χ1n) is 9.65. The highest BCUT2D eigenvalue weighted by atomic mass is 127. The Kier molecular flexibility index (Phi) is 9.28. The Morgan fingerprint density at radius 3 is 2.50 bits per heavy atom. The SMILES string of the molecule is CCNC(=NCC(=O)Nc1ccccc1)NC1CCN(c2c(F)cccc2F)C1.I. The van der Waals surface area contributed by atoms with Gasteiger partial charge in [-0.05, 0) is 37.6 Å². The lowest BCUT2D eigenvalue weighted by molar-refractivity contribution is -0.114. The number of anilines is 2. The second kappa shape index (κ2) is 11.7. The van der Waals surface area contributed by atoms with Crippen molar-refractivity contribution in [2.24, 2.45) is 4.99 Å². The van der Waals surface area contributed by atoms with Crippen LogP contribution in [-0.4, -0.2) is 44.1 Å². The van der Waals surface area contributed by atoms with Gasteiger partial charge in [0.1, 0.15) is 23.9 Å². The van der Waals surface area contributed by atoms with Crippen LogP contribution in [0.2, 0.25) is 0 Å². The molecule has 2 aromatic rings. The van der Waals surface area contributed by atoms with E-state index in [4.69, 9.17) is 0 Å². The van der Waals surface area contributed by atoms with Gasteiger partial charge >= 0.3 is 0 Å². The molecule has 0 aliphatic carbocycles. The molecule has 162 valence electrons. The highest BCUT2D eigenvalue weighted by Crippen LogP contribution is 2.26. The third-order valence-corrected chi connectivity index (χ3v) is 4.57. The van der Waals surface area contributed by atoms with Crippen molar-refractivity contribution in [1.82, 2.24) is 10.6 Å². The first-order valence-corrected chi connectivity index (χ1v) is 9.65. The Labute approximate surface area is 192 Å². The number of hydrogen-bond acceptors (Lipinski definition) is 3. The van der Waals surface area contributed by atoms with Crippen LogP contribution in [0.5, 0.6) is 0 Å². The molecule has 6 nitrogen and oxygen atoms in total. The van der Waals surface area contributed by atoms with Gasteiger partial charge in [0.15, 0.2) is 5.96 Å². The van der Waals surface area contributed by atoms with Gasteiger partial charge in [0.2, 0.25) is 5.91 Å². The van der Waals surface area contributed by atoms with Crippen LogP contribution in [-0.2, 0) is 4.79 Å². The third kappa shape index (κ3) is 6.54. The zero-order chi connectivity index (χ0) is 20.6. The molecule has 1 saturated heterocycles. The van der Waals surface area contributed by atoms with Gasteiger partial charge in [0.05, 0.1) is 0 Å². The predicted octanol–water partition coefficient (Wildman–Crippen LogP) is 3.36. The number of para-hydroxylation sites is 2. The third-order valence-electron chi connectivity index (χ3n) is 4.57. The van der Waals surface area contributed by atoms with Crippen molar-refractivity contribution in [3.63, 3.8) is 0 Å². The topological polar surface area (TPSA) is 68.8 Å². The Balaban J connectivity index is 0.00000320. The number of nitrogens with one attached hydrogen (secondary N) is 3. The van der Waals surface area contributed by atoms with Gasteiger partial charge in [-0.2, -0.15) is 0 Å². The summed E-state index contributed by atoms with van der Waals surface area (Å²) < 4.78 is 28.0. The molecule has 0 radical (unpaired) electrons. The van der Waals surface area contributed by atoms with E-state index in [9.17, 15) is 13.6 Å². The summed E-state index contributed by atoms with van der Waals surface area (Å²) in [7, 11) is 0. The lowest BCUT2D eigenvalue weighted by Gasteiger charge is -2.21. The highest BCUT2D eigenvalue weighted by molar-refractivity contribution is 14.0. The molecule has 0 saturated carbocycles. The monoisotopic (exact) mass is 529 g/mol. The maximum absolute atomic E-state index is 14.0. The van der Waals surface area contributed by atoms with Gasteiger partial charge in [-0.3, -0.25) is 4.79 Å². The molecule has 3 N–H and O–H groups in total. The van der Waals surface area contributed by atoms with E-state index < -0.39 is 11.6 Å². The fraction of sp³-hybridized carbons (Fsp3) is 0.333. The smallest absolute Gasteiger partial charge is 0.246 e. The summed E-state index contributed by atoms with van der Waals surface area (Å²) in [6, 6.07) is 13.0. The maximum atomic E-state index is 14.0. The van der Waals surface area contributed by atoms with E-state index in [2.05, 4.69) is 20.9 Å². The molecule has 1 fully saturated rings. The first-order chi connectivity index (χ1) is 14.1. The maximum Gasteiger partial charge on any atom is 0.246 e. The van der Waals surface area contributed by atoms with Gasteiger partial charge < -0.3 is 20.9 Å². The number of aliphatic imine (C=N–C) groups is 1. The van der Waals surface area contributed by atoms with Gasteiger partial charge in [-0.1, -0.05) is 24.3 Å². The molecule has 9 heteroatoms. The molecule has 30 heavy (non-hydrogen) atoms. The number of benzene rings is 2. The molecule has 1 heterocycles. The van der Waals surface area contributed by atoms with Gasteiger partial charge in [0.25, 0.3) is 0 Å². The number of carbonyl (C=O) groups is 1. The summed E-state index contributed by atoms with van der Waals surface area (Å²) in [6.45, 7) is 3.49. The Bertz CT molecular complexity index is 845. The van der Waals surface area contributed by atoms with Crippen molar-refractivity contribution in [3.05, 3.63) is 60.2 Å². The van der Waals surface area contributed by atoms with E-state index in [-0.39, 0.29) is 48.2 Å². The predicted molar refractivity (Wildman–Crippen MR) is 127 cm³/mol. The fourth-order valence-electron chi connectivity index (χ4n) is 3.26. The zero-order valence-corrected chi connectivity index (χ0v) is 19.0. The van der Waals surface area contributed by atoms with Crippen LogP contribution in [0, 0.1) is 11.6 Å². The Morgan fingerprint density at radius 1 is 1.13 bits per heavy atom. The van der Waals surface area contributed by atoms with E-state index >= 15 is 0 Å². The van der Waals surface area contributed by atoms with Crippen molar-refractivity contribution in [2.45, 2.75) is 19.4 Å². The first kappa shape index (κ1) is 23.8. The second-order valence-corrected chi connectivity index (χ2v) is 6.76. The molecule has 3 rings (SSSR count). The fourth-order valence-corrected chi connectivity index (χ4v) is 3.26. The summed E-state index contributed by atoms with van der Waals surface area (Å²) in [6.07, 6.45) is 0.703. The largest absolute Gasteiger partial charge is 0.365 e. The lowest BCUT2D eigenvalue weighted by atomic mass is 10.2. The van der Waals surface area contributed by atoms with Crippen LogP contribution in [0.1, 0.15) is 13.3 Å². The number of nitrogens with zero attached hydrogens (tertiary/aromatic N) is 2. The minimum atomic E-state index is -0.566. The summed E-state index contributed by atoms with van der Waals surface area (Å²) in [4.78, 5) is 18.1. The van der Waals surface area contributed by atoms with Crippen molar-refractivity contribution in [1.29, 1.82) is 0 Å². The minimum Gasteiger partial charge on any atom is -0.365 e. The number of rotatable bonds is 6. The van der Waals surface area contributed by atoms with E-state index in [0.29, 0.717) is 37.7 Å². The normalized spacial score (nSPS) is 16.0. The summed E-state index contributed by atoms with van der Waals surface area (Å²) >= 11 is 0. The van der Waals surface area contributed by atoms with Gasteiger partial charge in [-0.15, -0.1) is 24.0 Å². The van der Waals surface area contributed by atoms with E-state index in [1.165, 1.54) is 18.2 Å². The summed E-state index contributed by atoms with van der Waals surface area (Å²) in [5.41, 5.74) is 0.713. The minimum absolute atomic E-state index is 0. The van der Waals surface area contributed by atoms with E-state index in [1.54, 1.807) is 17.0 Å². The molecule has 1 atom stereocenters. The van der Waals surface area contributed by atoms with E-state index in [1.807, 2.05) is 25.1 Å². The van der Waals surface area contributed by atoms with E-state index in [0.717, 1.165) is 0 Å². The lowest BCUT2D eigenvalue weighted by Crippen LogP contribution is -2.45. The van der Waals surface area contributed by atoms with Crippen molar-refractivity contribution >= 4 is 47.2 Å². The van der Waals surface area contributed by atoms with Crippen LogP contribution in [0.4, 0.5) is 20.2 Å². The van der Waals surface area contributed by atoms with Crippen LogP contribution in [0.15, 0.2) is 53.5 Å². The second-order valence-electron chi connectivity index (χ2n) is 6.76. The zero-order valence-electron chi connectivity index (χ0n) is 16.7. The van der Waals surface area contributed by atoms with Gasteiger partial charge in [0, 0.05) is 31.4 Å². The average molecular weight is 529 g/mol. The molecular formula is C21H26F2IN5O. The molecule has 1 unspecified atom stereocenters. The van der Waals surface area contributed by atoms with Crippen LogP contribution >= 0.6 is 24.0 Å².